The van der Waals surface area contributed by atoms with Gasteiger partial charge in [-0.15, -0.1) is 0 Å². The molecule has 0 spiro atoms. The zero-order valence-corrected chi connectivity index (χ0v) is 12.1. The third-order valence-corrected chi connectivity index (χ3v) is 3.29. The van der Waals surface area contributed by atoms with Crippen LogP contribution in [0.3, 0.4) is 0 Å². The highest BCUT2D eigenvalue weighted by atomic mass is 15.2. The highest BCUT2D eigenvalue weighted by molar-refractivity contribution is 5.30. The lowest BCUT2D eigenvalue weighted by Gasteiger charge is -2.25. The molecule has 1 aromatic rings. The molecule has 102 valence electrons. The van der Waals surface area contributed by atoms with Crippen LogP contribution in [0.5, 0.6) is 0 Å². The average Bonchev–Trinajstić information content (AvgIpc) is 2.92. The molecule has 4 heteroatoms. The SMILES string of the molecule is CC(C)CC(CN(C)C)n1ccnc1NC1CC1. The van der Waals surface area contributed by atoms with Gasteiger partial charge in [0, 0.05) is 31.0 Å². The van der Waals surface area contributed by atoms with E-state index in [-0.39, 0.29) is 0 Å². The lowest BCUT2D eigenvalue weighted by molar-refractivity contribution is 0.290. The summed E-state index contributed by atoms with van der Waals surface area (Å²) in [5.74, 6) is 1.75. The van der Waals surface area contributed by atoms with E-state index >= 15 is 0 Å². The quantitative estimate of drug-likeness (QED) is 0.807. The molecular formula is C14H26N4. The molecular weight excluding hydrogens is 224 g/mol. The maximum atomic E-state index is 4.47. The van der Waals surface area contributed by atoms with Gasteiger partial charge in [-0.1, -0.05) is 13.8 Å². The van der Waals surface area contributed by atoms with Crippen molar-refractivity contribution in [3.63, 3.8) is 0 Å². The van der Waals surface area contributed by atoms with E-state index in [0.717, 1.165) is 12.5 Å². The normalized spacial score (nSPS) is 17.4. The van der Waals surface area contributed by atoms with Crippen LogP contribution in [0.4, 0.5) is 5.95 Å². The van der Waals surface area contributed by atoms with Crippen molar-refractivity contribution in [2.45, 2.75) is 45.2 Å². The number of hydrogen-bond acceptors (Lipinski definition) is 3. The molecule has 1 heterocycles. The first-order valence-electron chi connectivity index (χ1n) is 7.00. The van der Waals surface area contributed by atoms with Crippen molar-refractivity contribution in [3.8, 4) is 0 Å². The number of nitrogens with zero attached hydrogens (tertiary/aromatic N) is 3. The molecule has 1 fully saturated rings. The molecule has 1 aliphatic rings. The minimum Gasteiger partial charge on any atom is -0.353 e. The predicted octanol–water partition coefficient (Wildman–Crippen LogP) is 2.61. The summed E-state index contributed by atoms with van der Waals surface area (Å²) in [7, 11) is 4.27. The van der Waals surface area contributed by atoms with Crippen LogP contribution in [0.1, 0.15) is 39.2 Å². The fourth-order valence-electron chi connectivity index (χ4n) is 2.37. The number of hydrogen-bond donors (Lipinski definition) is 1. The summed E-state index contributed by atoms with van der Waals surface area (Å²) >= 11 is 0. The van der Waals surface area contributed by atoms with Gasteiger partial charge in [0.05, 0.1) is 0 Å². The van der Waals surface area contributed by atoms with E-state index in [2.05, 4.69) is 53.9 Å². The molecule has 1 aliphatic carbocycles. The van der Waals surface area contributed by atoms with Crippen molar-refractivity contribution >= 4 is 5.95 Å². The van der Waals surface area contributed by atoms with Gasteiger partial charge < -0.3 is 14.8 Å². The predicted molar refractivity (Wildman–Crippen MR) is 75.9 cm³/mol. The number of nitrogens with one attached hydrogen (secondary N) is 1. The fraction of sp³-hybridized carbons (Fsp3) is 0.786. The summed E-state index contributed by atoms with van der Waals surface area (Å²) in [6.45, 7) is 5.63. The van der Waals surface area contributed by atoms with Crippen LogP contribution in [0, 0.1) is 5.92 Å². The van der Waals surface area contributed by atoms with E-state index in [1.54, 1.807) is 0 Å². The van der Waals surface area contributed by atoms with Crippen molar-refractivity contribution in [2.24, 2.45) is 5.92 Å². The zero-order chi connectivity index (χ0) is 13.1. The van der Waals surface area contributed by atoms with Crippen LogP contribution in [0.2, 0.25) is 0 Å². The van der Waals surface area contributed by atoms with E-state index in [0.29, 0.717) is 18.0 Å². The van der Waals surface area contributed by atoms with Gasteiger partial charge in [-0.3, -0.25) is 0 Å². The number of aromatic nitrogens is 2. The van der Waals surface area contributed by atoms with Crippen LogP contribution in [0.15, 0.2) is 12.4 Å². The van der Waals surface area contributed by atoms with Crippen molar-refractivity contribution in [2.75, 3.05) is 26.0 Å². The molecule has 0 aromatic carbocycles. The van der Waals surface area contributed by atoms with Gasteiger partial charge in [0.2, 0.25) is 5.95 Å². The highest BCUT2D eigenvalue weighted by Crippen LogP contribution is 2.27. The van der Waals surface area contributed by atoms with Gasteiger partial charge in [0.15, 0.2) is 0 Å². The first-order valence-corrected chi connectivity index (χ1v) is 7.00. The molecule has 1 N–H and O–H groups in total. The molecule has 1 saturated carbocycles. The minimum atomic E-state index is 0.503. The molecule has 0 saturated heterocycles. The highest BCUT2D eigenvalue weighted by Gasteiger charge is 2.24. The lowest BCUT2D eigenvalue weighted by Crippen LogP contribution is -2.26. The lowest BCUT2D eigenvalue weighted by atomic mass is 10.0. The summed E-state index contributed by atoms with van der Waals surface area (Å²) < 4.78 is 2.32. The maximum absolute atomic E-state index is 4.47. The van der Waals surface area contributed by atoms with Crippen molar-refractivity contribution in [3.05, 3.63) is 12.4 Å². The molecule has 1 unspecified atom stereocenters. The Hall–Kier alpha value is -1.03. The Morgan fingerprint density at radius 2 is 2.17 bits per heavy atom. The third kappa shape index (κ3) is 3.73. The Bertz CT molecular complexity index is 356. The Balaban J connectivity index is 2.09. The Kier molecular flexibility index (Phi) is 4.27. The molecule has 18 heavy (non-hydrogen) atoms. The molecule has 0 amide bonds. The monoisotopic (exact) mass is 250 g/mol. The summed E-state index contributed by atoms with van der Waals surface area (Å²) in [5.41, 5.74) is 0. The van der Waals surface area contributed by atoms with Crippen LogP contribution in [-0.2, 0) is 0 Å². The van der Waals surface area contributed by atoms with Gasteiger partial charge in [-0.2, -0.15) is 0 Å². The van der Waals surface area contributed by atoms with E-state index in [9.17, 15) is 0 Å². The topological polar surface area (TPSA) is 33.1 Å². The van der Waals surface area contributed by atoms with Crippen LogP contribution in [0.25, 0.3) is 0 Å². The summed E-state index contributed by atoms with van der Waals surface area (Å²) in [4.78, 5) is 6.72. The van der Waals surface area contributed by atoms with Gasteiger partial charge >= 0.3 is 0 Å². The molecule has 2 rings (SSSR count). The number of imidazole rings is 1. The molecule has 0 aliphatic heterocycles. The number of rotatable bonds is 7. The van der Waals surface area contributed by atoms with Crippen LogP contribution in [-0.4, -0.2) is 41.1 Å². The first kappa shape index (κ1) is 13.4. The van der Waals surface area contributed by atoms with Crippen LogP contribution < -0.4 is 5.32 Å². The van der Waals surface area contributed by atoms with Gasteiger partial charge in [0.25, 0.3) is 0 Å². The average molecular weight is 250 g/mol. The van der Waals surface area contributed by atoms with Gasteiger partial charge in [0.1, 0.15) is 0 Å². The number of anilines is 1. The van der Waals surface area contributed by atoms with Gasteiger partial charge in [-0.25, -0.2) is 4.98 Å². The van der Waals surface area contributed by atoms with E-state index in [1.807, 2.05) is 6.20 Å². The molecule has 1 aromatic heterocycles. The molecule has 0 bridgehead atoms. The summed E-state index contributed by atoms with van der Waals surface area (Å²) in [6, 6.07) is 1.16. The fourth-order valence-corrected chi connectivity index (χ4v) is 2.37. The largest absolute Gasteiger partial charge is 0.353 e. The van der Waals surface area contributed by atoms with Crippen molar-refractivity contribution in [1.82, 2.24) is 14.5 Å². The summed E-state index contributed by atoms with van der Waals surface area (Å²) in [6.07, 6.45) is 7.79. The third-order valence-electron chi connectivity index (χ3n) is 3.29. The Labute approximate surface area is 110 Å². The number of likely N-dealkylation sites (N-methyl/N-ethyl adjacent to an activating group) is 1. The first-order chi connectivity index (χ1) is 8.56. The maximum Gasteiger partial charge on any atom is 0.203 e. The van der Waals surface area contributed by atoms with E-state index < -0.39 is 0 Å². The smallest absolute Gasteiger partial charge is 0.203 e. The Morgan fingerprint density at radius 1 is 1.44 bits per heavy atom. The van der Waals surface area contributed by atoms with E-state index in [4.69, 9.17) is 0 Å². The summed E-state index contributed by atoms with van der Waals surface area (Å²) in [5, 5.41) is 3.52. The zero-order valence-electron chi connectivity index (χ0n) is 12.1. The molecule has 0 radical (unpaired) electrons. The second-order valence-electron chi connectivity index (χ2n) is 6.12. The van der Waals surface area contributed by atoms with Crippen LogP contribution >= 0.6 is 0 Å². The van der Waals surface area contributed by atoms with E-state index in [1.165, 1.54) is 19.3 Å². The molecule has 4 nitrogen and oxygen atoms in total. The van der Waals surface area contributed by atoms with Gasteiger partial charge in [-0.05, 0) is 39.3 Å². The molecule has 1 atom stereocenters. The minimum absolute atomic E-state index is 0.503. The second kappa shape index (κ2) is 5.74. The standard InChI is InChI=1S/C14H26N4/c1-11(2)9-13(10-17(3)4)18-8-7-15-14(18)16-12-5-6-12/h7-8,11-13H,5-6,9-10H2,1-4H3,(H,15,16). The van der Waals surface area contributed by atoms with Crippen molar-refractivity contribution < 1.29 is 0 Å². The van der Waals surface area contributed by atoms with Crippen molar-refractivity contribution in [1.29, 1.82) is 0 Å². The Morgan fingerprint density at radius 3 is 2.72 bits per heavy atom. The second-order valence-corrected chi connectivity index (χ2v) is 6.12.